The van der Waals surface area contributed by atoms with Crippen LogP contribution >= 0.6 is 0 Å². The first kappa shape index (κ1) is 11.8. The van der Waals surface area contributed by atoms with Gasteiger partial charge in [0, 0.05) is 6.54 Å². The van der Waals surface area contributed by atoms with Gasteiger partial charge in [0.05, 0.1) is 0 Å². The first-order valence-electron chi connectivity index (χ1n) is 5.43. The zero-order valence-electron chi connectivity index (χ0n) is 9.31. The molecule has 3 N–H and O–H groups in total. The maximum Gasteiger partial charge on any atom is 0.123 e. The van der Waals surface area contributed by atoms with E-state index in [9.17, 15) is 9.50 Å². The fraction of sp³-hybridized carbons (Fsp3) is 0.143. The monoisotopic (exact) mass is 231 g/mol. The minimum absolute atomic E-state index is 0.306. The molecular weight excluding hydrogens is 217 g/mol. The summed E-state index contributed by atoms with van der Waals surface area (Å²) in [6.45, 7) is 0.479. The molecule has 0 amide bonds. The van der Waals surface area contributed by atoms with Crippen LogP contribution in [0.25, 0.3) is 0 Å². The zero-order chi connectivity index (χ0) is 12.3. The van der Waals surface area contributed by atoms with Crippen molar-refractivity contribution in [2.75, 3.05) is 0 Å². The van der Waals surface area contributed by atoms with Gasteiger partial charge in [-0.15, -0.1) is 0 Å². The number of hydrogen-bond donors (Lipinski definition) is 2. The average molecular weight is 231 g/mol. The van der Waals surface area contributed by atoms with Crippen LogP contribution in [0.2, 0.25) is 0 Å². The second-order valence-corrected chi connectivity index (χ2v) is 3.90. The highest BCUT2D eigenvalue weighted by atomic mass is 19.1. The molecule has 0 fully saturated rings. The van der Waals surface area contributed by atoms with Crippen LogP contribution in [0.5, 0.6) is 0 Å². The second kappa shape index (κ2) is 5.08. The topological polar surface area (TPSA) is 46.2 Å². The lowest BCUT2D eigenvalue weighted by atomic mass is 10.0. The van der Waals surface area contributed by atoms with Gasteiger partial charge in [-0.05, 0) is 28.8 Å². The lowest BCUT2D eigenvalue weighted by Gasteiger charge is -2.11. The summed E-state index contributed by atoms with van der Waals surface area (Å²) in [6.07, 6.45) is -0.734. The molecule has 2 aromatic carbocycles. The van der Waals surface area contributed by atoms with Crippen molar-refractivity contribution in [2.45, 2.75) is 12.6 Å². The highest BCUT2D eigenvalue weighted by Gasteiger charge is 2.09. The summed E-state index contributed by atoms with van der Waals surface area (Å²) in [5.41, 5.74) is 7.96. The summed E-state index contributed by atoms with van der Waals surface area (Å²) >= 11 is 0. The van der Waals surface area contributed by atoms with E-state index in [2.05, 4.69) is 0 Å². The first-order chi connectivity index (χ1) is 8.20. The number of aliphatic hydroxyl groups excluding tert-OH is 1. The van der Waals surface area contributed by atoms with E-state index in [1.54, 1.807) is 12.1 Å². The molecule has 88 valence electrons. The fourth-order valence-corrected chi connectivity index (χ4v) is 1.67. The predicted octanol–water partition coefficient (Wildman–Crippen LogP) is 2.37. The molecule has 2 nitrogen and oxygen atoms in total. The van der Waals surface area contributed by atoms with Crippen molar-refractivity contribution in [3.05, 3.63) is 71.0 Å². The predicted molar refractivity (Wildman–Crippen MR) is 64.8 cm³/mol. The van der Waals surface area contributed by atoms with E-state index in [0.29, 0.717) is 12.1 Å². The summed E-state index contributed by atoms with van der Waals surface area (Å²) in [7, 11) is 0. The van der Waals surface area contributed by atoms with Crippen molar-refractivity contribution in [1.29, 1.82) is 0 Å². The summed E-state index contributed by atoms with van der Waals surface area (Å²) < 4.78 is 12.8. The van der Waals surface area contributed by atoms with Crippen molar-refractivity contribution in [1.82, 2.24) is 0 Å². The number of halogens is 1. The van der Waals surface area contributed by atoms with E-state index in [0.717, 1.165) is 11.1 Å². The van der Waals surface area contributed by atoms with Gasteiger partial charge in [-0.3, -0.25) is 0 Å². The highest BCUT2D eigenvalue weighted by Crippen LogP contribution is 2.22. The Balaban J connectivity index is 2.23. The normalized spacial score (nSPS) is 12.4. The number of aliphatic hydroxyl groups is 1. The molecule has 1 atom stereocenters. The largest absolute Gasteiger partial charge is 0.384 e. The van der Waals surface area contributed by atoms with Crippen LogP contribution in [0.3, 0.4) is 0 Å². The molecule has 0 aliphatic rings. The van der Waals surface area contributed by atoms with Crippen LogP contribution in [0.1, 0.15) is 22.8 Å². The van der Waals surface area contributed by atoms with E-state index in [1.807, 2.05) is 24.3 Å². The fourth-order valence-electron chi connectivity index (χ4n) is 1.67. The molecule has 2 aromatic rings. The number of benzene rings is 2. The summed E-state index contributed by atoms with van der Waals surface area (Å²) in [5, 5.41) is 10.1. The Morgan fingerprint density at radius 2 is 1.41 bits per heavy atom. The highest BCUT2D eigenvalue weighted by molar-refractivity contribution is 5.31. The molecule has 0 aromatic heterocycles. The lowest BCUT2D eigenvalue weighted by molar-refractivity contribution is 0.220. The van der Waals surface area contributed by atoms with Gasteiger partial charge in [0.25, 0.3) is 0 Å². The molecular formula is C14H14FNO. The van der Waals surface area contributed by atoms with Gasteiger partial charge in [-0.25, -0.2) is 4.39 Å². The molecule has 17 heavy (non-hydrogen) atoms. The van der Waals surface area contributed by atoms with Crippen molar-refractivity contribution in [3.63, 3.8) is 0 Å². The Hall–Kier alpha value is -1.71. The van der Waals surface area contributed by atoms with Gasteiger partial charge >= 0.3 is 0 Å². The maximum absolute atomic E-state index is 12.8. The van der Waals surface area contributed by atoms with Gasteiger partial charge in [0.15, 0.2) is 0 Å². The average Bonchev–Trinajstić information content (AvgIpc) is 2.39. The smallest absolute Gasteiger partial charge is 0.123 e. The third-order valence-electron chi connectivity index (χ3n) is 2.72. The molecule has 0 aliphatic heterocycles. The number of rotatable bonds is 3. The first-order valence-corrected chi connectivity index (χ1v) is 5.43. The third kappa shape index (κ3) is 2.70. The molecule has 0 radical (unpaired) electrons. The van der Waals surface area contributed by atoms with Crippen LogP contribution in [0.15, 0.2) is 48.5 Å². The van der Waals surface area contributed by atoms with Crippen LogP contribution in [-0.4, -0.2) is 5.11 Å². The molecule has 3 heteroatoms. The van der Waals surface area contributed by atoms with E-state index < -0.39 is 6.10 Å². The Morgan fingerprint density at radius 3 is 1.88 bits per heavy atom. The van der Waals surface area contributed by atoms with Crippen LogP contribution < -0.4 is 5.73 Å². The minimum Gasteiger partial charge on any atom is -0.384 e. The van der Waals surface area contributed by atoms with E-state index in [1.165, 1.54) is 12.1 Å². The van der Waals surface area contributed by atoms with Crippen molar-refractivity contribution < 1.29 is 9.50 Å². The second-order valence-electron chi connectivity index (χ2n) is 3.90. The van der Waals surface area contributed by atoms with Crippen LogP contribution in [0, 0.1) is 5.82 Å². The van der Waals surface area contributed by atoms with Gasteiger partial charge in [0.2, 0.25) is 0 Å². The Kier molecular flexibility index (Phi) is 3.52. The Labute approximate surface area is 99.5 Å². The SMILES string of the molecule is NCc1ccc(C(O)c2ccc(F)cc2)cc1. The van der Waals surface area contributed by atoms with Crippen molar-refractivity contribution in [3.8, 4) is 0 Å². The molecule has 2 rings (SSSR count). The van der Waals surface area contributed by atoms with Gasteiger partial charge in [-0.1, -0.05) is 36.4 Å². The zero-order valence-corrected chi connectivity index (χ0v) is 9.31. The Morgan fingerprint density at radius 1 is 0.941 bits per heavy atom. The summed E-state index contributed by atoms with van der Waals surface area (Å²) in [5.74, 6) is -0.306. The summed E-state index contributed by atoms with van der Waals surface area (Å²) in [4.78, 5) is 0. The Bertz CT molecular complexity index is 479. The molecule has 1 unspecified atom stereocenters. The minimum atomic E-state index is -0.734. The molecule has 0 aliphatic carbocycles. The number of hydrogen-bond acceptors (Lipinski definition) is 2. The van der Waals surface area contributed by atoms with Crippen LogP contribution in [-0.2, 0) is 6.54 Å². The lowest BCUT2D eigenvalue weighted by Crippen LogP contribution is -2.01. The van der Waals surface area contributed by atoms with Crippen molar-refractivity contribution >= 4 is 0 Å². The van der Waals surface area contributed by atoms with E-state index in [4.69, 9.17) is 5.73 Å². The van der Waals surface area contributed by atoms with Gasteiger partial charge < -0.3 is 10.8 Å². The van der Waals surface area contributed by atoms with E-state index in [-0.39, 0.29) is 5.82 Å². The van der Waals surface area contributed by atoms with E-state index >= 15 is 0 Å². The molecule has 0 saturated heterocycles. The third-order valence-corrected chi connectivity index (χ3v) is 2.72. The maximum atomic E-state index is 12.8. The van der Waals surface area contributed by atoms with Gasteiger partial charge in [-0.2, -0.15) is 0 Å². The number of nitrogens with two attached hydrogens (primary N) is 1. The van der Waals surface area contributed by atoms with Crippen LogP contribution in [0.4, 0.5) is 4.39 Å². The molecule has 0 saturated carbocycles. The molecule has 0 bridgehead atoms. The molecule has 0 spiro atoms. The summed E-state index contributed by atoms with van der Waals surface area (Å²) in [6, 6.07) is 13.3. The molecule has 0 heterocycles. The van der Waals surface area contributed by atoms with Crippen molar-refractivity contribution in [2.24, 2.45) is 5.73 Å². The quantitative estimate of drug-likeness (QED) is 0.851. The standard InChI is InChI=1S/C14H14FNO/c15-13-7-5-12(6-8-13)14(17)11-3-1-10(9-16)2-4-11/h1-8,14,17H,9,16H2. The van der Waals surface area contributed by atoms with Gasteiger partial charge in [0.1, 0.15) is 11.9 Å².